The van der Waals surface area contributed by atoms with Crippen LogP contribution in [0.25, 0.3) is 0 Å². The van der Waals surface area contributed by atoms with E-state index in [0.29, 0.717) is 38.0 Å². The van der Waals surface area contributed by atoms with Gasteiger partial charge in [-0.25, -0.2) is 0 Å². The third kappa shape index (κ3) is 1290. The van der Waals surface area contributed by atoms with Crippen LogP contribution in [0, 0.1) is 60.1 Å². The molecule has 8 heteroatoms. The van der Waals surface area contributed by atoms with E-state index in [1.54, 1.807) is 0 Å². The van der Waals surface area contributed by atoms with Gasteiger partial charge in [-0.3, -0.25) is 35.2 Å². The molecule has 0 aliphatic heterocycles. The van der Waals surface area contributed by atoms with Crippen LogP contribution in [0.15, 0.2) is 0 Å². The molecule has 14 heavy (non-hydrogen) atoms. The number of hydrogen-bond acceptors (Lipinski definition) is 4. The summed E-state index contributed by atoms with van der Waals surface area (Å²) in [6.07, 6.45) is 0. The Hall–Kier alpha value is -0.932. The van der Waals surface area contributed by atoms with Crippen LogP contribution in [-0.4, -0.2) is 33.2 Å². The summed E-state index contributed by atoms with van der Waals surface area (Å²) in [5.41, 5.74) is 0. The van der Waals surface area contributed by atoms with Crippen molar-refractivity contribution in [2.45, 2.75) is 0 Å². The molecule has 0 aliphatic rings. The van der Waals surface area contributed by atoms with Crippen LogP contribution in [0.3, 0.4) is 0 Å². The minimum atomic E-state index is -1.08. The van der Waals surface area contributed by atoms with Gasteiger partial charge in [0.1, 0.15) is 0 Å². The molecule has 0 fully saturated rings. The summed E-state index contributed by atoms with van der Waals surface area (Å²) in [7, 11) is 0. The Kier molecular flexibility index (Phi) is 37.5. The van der Waals surface area contributed by atoms with Gasteiger partial charge in [0.2, 0.25) is 0 Å². The fraction of sp³-hybridized carbons (Fsp3) is 0. The molecule has 0 aromatic heterocycles. The van der Waals surface area contributed by atoms with Crippen molar-refractivity contribution in [3.63, 3.8) is 0 Å². The van der Waals surface area contributed by atoms with E-state index in [4.69, 9.17) is 31.0 Å². The van der Waals surface area contributed by atoms with Crippen LogP contribution in [0.1, 0.15) is 0 Å². The first-order chi connectivity index (χ1) is 6.20. The molecule has 0 heterocycles. The average molecular weight is 341 g/mol. The van der Waals surface area contributed by atoms with Gasteiger partial charge in [0.05, 0.1) is 0 Å². The Morgan fingerprint density at radius 2 is 0.786 bits per heavy atom. The minimum absolute atomic E-state index is 0.583. The Morgan fingerprint density at radius 1 is 0.786 bits per heavy atom. The number of carboxylic acids is 3. The first-order valence-corrected chi connectivity index (χ1v) is 3.70. The maximum atomic E-state index is 8.89. The number of carboxylic acid groups (broad SMARTS) is 3. The van der Waals surface area contributed by atoms with Crippen molar-refractivity contribution in [1.29, 1.82) is 1.27 Å². The van der Waals surface area contributed by atoms with E-state index in [2.05, 4.69) is 20.8 Å². The molecule has 0 saturated carbocycles. The predicted octanol–water partition coefficient (Wildman–Crippen LogP) is -0.270. The van der Waals surface area contributed by atoms with Gasteiger partial charge >= 0.3 is 39.3 Å². The number of aliphatic carboxylic acids is 3. The molecule has 0 aromatic rings. The molecule has 0 spiro atoms. The Balaban J connectivity index is -0.0000000492. The number of nitrogens with zero attached hydrogens (tertiary/aromatic N) is 1. The van der Waals surface area contributed by atoms with Crippen molar-refractivity contribution >= 4 is 17.9 Å². The summed E-state index contributed by atoms with van der Waals surface area (Å²) in [5, 5.41) is 21.9. The molecule has 0 rings (SSSR count). The van der Waals surface area contributed by atoms with Gasteiger partial charge in [-0.2, -0.15) is 0 Å². The van der Waals surface area contributed by atoms with E-state index < -0.39 is 17.9 Å². The third-order valence-electron chi connectivity index (χ3n) is 0. The average Bonchev–Trinajstić information content (AvgIpc) is 1.86. The van der Waals surface area contributed by atoms with Gasteiger partial charge in [0, 0.05) is 0 Å². The van der Waals surface area contributed by atoms with Gasteiger partial charge in [0.15, 0.2) is 17.9 Å². The fourth-order valence-electron chi connectivity index (χ4n) is 0. The van der Waals surface area contributed by atoms with E-state index in [9.17, 15) is 0 Å². The second kappa shape index (κ2) is 22.7. The molecule has 0 radical (unpaired) electrons. The molecule has 0 unspecified atom stereocenters. The van der Waals surface area contributed by atoms with E-state index >= 15 is 0 Å². The number of hydrogen-bond donors (Lipinski definition) is 3. The van der Waals surface area contributed by atoms with Crippen LogP contribution in [0.2, 0.25) is 0 Å². The Morgan fingerprint density at radius 3 is 0.786 bits per heavy atom. The van der Waals surface area contributed by atoms with Crippen LogP contribution in [0.5, 0.6) is 0 Å². The monoisotopic (exact) mass is 343 g/mol. The summed E-state index contributed by atoms with van der Waals surface area (Å²) in [4.78, 5) is 26.7. The van der Waals surface area contributed by atoms with E-state index in [0.717, 1.165) is 0 Å². The molecule has 7 nitrogen and oxygen atoms in total. The van der Waals surface area contributed by atoms with E-state index in [-0.39, 0.29) is 0 Å². The zero-order valence-electron chi connectivity index (χ0n) is 7.04. The predicted molar refractivity (Wildman–Crippen MR) is 40.7 cm³/mol. The first-order valence-electron chi connectivity index (χ1n) is 2.53. The maximum absolute atomic E-state index is 8.89. The summed E-state index contributed by atoms with van der Waals surface area (Å²) >= 11 is 0.583. The molecule has 0 amide bonds. The molecule has 0 atom stereocenters. The normalized spacial score (nSPS) is 5.29. The van der Waals surface area contributed by atoms with Crippen LogP contribution in [0.4, 0.5) is 0 Å². The second-order valence-electron chi connectivity index (χ2n) is 1.18. The first kappa shape index (κ1) is 23.1. The Bertz CT molecular complexity index is 149. The number of carbonyl (C=O) groups is 3. The standard InChI is InChI=1S/3C2H3O2.N.Sm/c3*1-2(3)4;;/h3*1H2,(H,3,4);;/q3*-1;;. The quantitative estimate of drug-likeness (QED) is 0.516. The second-order valence-corrected chi connectivity index (χ2v) is 1.18. The molecule has 83 valence electrons. The molecular formula is C6H9NO6Sm-3. The van der Waals surface area contributed by atoms with Crippen molar-refractivity contribution in [2.24, 2.45) is 0 Å². The molecule has 3 N–H and O–H groups in total. The van der Waals surface area contributed by atoms with Crippen LogP contribution in [-0.2, 0) is 14.4 Å². The van der Waals surface area contributed by atoms with Crippen molar-refractivity contribution in [3.05, 3.63) is 20.8 Å². The summed E-state index contributed by atoms with van der Waals surface area (Å²) in [6, 6.07) is 0. The SMILES string of the molecule is [CH2-]C(=O)O.[CH2-]C(=O)O.[CH2-]C(=O)O.[N]#[Sm]. The molecule has 0 aliphatic carbocycles. The summed E-state index contributed by atoms with van der Waals surface area (Å²) < 4.78 is 7.08. The van der Waals surface area contributed by atoms with Gasteiger partial charge in [-0.05, 0) is 0 Å². The topological polar surface area (TPSA) is 136 Å². The molecule has 0 bridgehead atoms. The molecule has 0 aromatic carbocycles. The molecule has 0 saturated heterocycles. The fourth-order valence-corrected chi connectivity index (χ4v) is 0. The van der Waals surface area contributed by atoms with Crippen LogP contribution < -0.4 is 0 Å². The van der Waals surface area contributed by atoms with Crippen molar-refractivity contribution < 1.29 is 67.7 Å². The number of rotatable bonds is 0. The Labute approximate surface area is 107 Å². The van der Waals surface area contributed by atoms with Gasteiger partial charge in [-0.15, -0.1) is 0 Å². The summed E-state index contributed by atoms with van der Waals surface area (Å²) in [6.45, 7) is 7.67. The van der Waals surface area contributed by atoms with Gasteiger partial charge < -0.3 is 15.3 Å². The van der Waals surface area contributed by atoms with Crippen LogP contribution >= 0.6 is 0 Å². The van der Waals surface area contributed by atoms with Gasteiger partial charge in [-0.1, -0.05) is 0 Å². The van der Waals surface area contributed by atoms with E-state index in [1.807, 2.05) is 0 Å². The molecular weight excluding hydrogens is 332 g/mol. The zero-order valence-corrected chi connectivity index (χ0v) is 9.66. The van der Waals surface area contributed by atoms with E-state index in [1.165, 1.54) is 0 Å². The summed E-state index contributed by atoms with van der Waals surface area (Å²) in [5.74, 6) is -3.25. The zero-order chi connectivity index (χ0) is 12.7. The van der Waals surface area contributed by atoms with Crippen molar-refractivity contribution in [3.8, 4) is 0 Å². The van der Waals surface area contributed by atoms with Crippen molar-refractivity contribution in [1.82, 2.24) is 0 Å². The van der Waals surface area contributed by atoms with Crippen molar-refractivity contribution in [2.75, 3.05) is 0 Å². The van der Waals surface area contributed by atoms with Gasteiger partial charge in [0.25, 0.3) is 0 Å². The third-order valence-corrected chi connectivity index (χ3v) is 0.